The maximum atomic E-state index is 13.4. The summed E-state index contributed by atoms with van der Waals surface area (Å²) in [4.78, 5) is 16.3. The zero-order valence-corrected chi connectivity index (χ0v) is 12.6. The molecule has 5 heteroatoms. The normalized spacial score (nSPS) is 14.0. The highest BCUT2D eigenvalue weighted by Crippen LogP contribution is 2.27. The topological polar surface area (TPSA) is 49.6 Å². The minimum atomic E-state index is -0.285. The van der Waals surface area contributed by atoms with Crippen LogP contribution in [0.4, 0.5) is 10.1 Å². The van der Waals surface area contributed by atoms with E-state index in [1.807, 2.05) is 22.8 Å². The zero-order chi connectivity index (χ0) is 15.2. The van der Waals surface area contributed by atoms with Crippen LogP contribution >= 0.6 is 0 Å². The number of hydrogen-bond acceptors (Lipinski definition) is 3. The molecule has 1 fully saturated rings. The van der Waals surface area contributed by atoms with Crippen molar-refractivity contribution in [3.8, 4) is 0 Å². The summed E-state index contributed by atoms with van der Waals surface area (Å²) in [5.41, 5.74) is 6.30. The predicted octanol–water partition coefficient (Wildman–Crippen LogP) is 1.99. The highest BCUT2D eigenvalue weighted by atomic mass is 19.1. The lowest BCUT2D eigenvalue weighted by molar-refractivity contribution is -0.130. The second kappa shape index (κ2) is 7.41. The fourth-order valence-corrected chi connectivity index (χ4v) is 2.53. The van der Waals surface area contributed by atoms with Gasteiger partial charge in [-0.1, -0.05) is 6.07 Å². The summed E-state index contributed by atoms with van der Waals surface area (Å²) in [6.07, 6.45) is 2.98. The smallest absolute Gasteiger partial charge is 0.242 e. The van der Waals surface area contributed by atoms with E-state index in [4.69, 9.17) is 5.73 Å². The summed E-state index contributed by atoms with van der Waals surface area (Å²) < 4.78 is 13.4. The minimum absolute atomic E-state index is 0.112. The molecule has 4 nitrogen and oxygen atoms in total. The monoisotopic (exact) mass is 293 g/mol. The lowest BCUT2D eigenvalue weighted by Crippen LogP contribution is -2.42. The third kappa shape index (κ3) is 4.43. The van der Waals surface area contributed by atoms with Gasteiger partial charge in [0.2, 0.25) is 5.91 Å². The standard InChI is InChI=1S/C16H24FN3O/c1-2-20(14-7-8-14)16(21)12-19(10-4-9-18)15-6-3-5-13(17)11-15/h3,5-6,11,14H,2,4,7-10,12,18H2,1H3. The Morgan fingerprint density at radius 1 is 1.43 bits per heavy atom. The van der Waals surface area contributed by atoms with E-state index < -0.39 is 0 Å². The van der Waals surface area contributed by atoms with Gasteiger partial charge in [0.05, 0.1) is 6.54 Å². The molecule has 1 aliphatic rings. The zero-order valence-electron chi connectivity index (χ0n) is 12.6. The second-order valence-electron chi connectivity index (χ2n) is 5.45. The number of carbonyl (C=O) groups is 1. The van der Waals surface area contributed by atoms with Crippen LogP contribution in [0.2, 0.25) is 0 Å². The van der Waals surface area contributed by atoms with Gasteiger partial charge in [-0.2, -0.15) is 0 Å². The molecule has 1 aromatic carbocycles. The summed E-state index contributed by atoms with van der Waals surface area (Å²) in [6.45, 7) is 4.24. The van der Waals surface area contributed by atoms with E-state index in [1.165, 1.54) is 12.1 Å². The molecule has 0 atom stereocenters. The summed E-state index contributed by atoms with van der Waals surface area (Å²) >= 11 is 0. The molecule has 21 heavy (non-hydrogen) atoms. The number of amides is 1. The highest BCUT2D eigenvalue weighted by molar-refractivity contribution is 5.82. The van der Waals surface area contributed by atoms with Gasteiger partial charge in [0.25, 0.3) is 0 Å². The molecule has 0 unspecified atom stereocenters. The Hall–Kier alpha value is -1.62. The first-order valence-corrected chi connectivity index (χ1v) is 7.65. The molecule has 1 saturated carbocycles. The molecule has 0 aliphatic heterocycles. The van der Waals surface area contributed by atoms with Crippen molar-refractivity contribution in [2.24, 2.45) is 5.73 Å². The van der Waals surface area contributed by atoms with Crippen LogP contribution in [0, 0.1) is 5.82 Å². The SMILES string of the molecule is CCN(C(=O)CN(CCCN)c1cccc(F)c1)C1CC1. The molecule has 2 rings (SSSR count). The Morgan fingerprint density at radius 2 is 2.19 bits per heavy atom. The average Bonchev–Trinajstić information content (AvgIpc) is 3.29. The lowest BCUT2D eigenvalue weighted by Gasteiger charge is -2.28. The van der Waals surface area contributed by atoms with Crippen molar-refractivity contribution in [2.75, 3.05) is 31.1 Å². The molecule has 0 heterocycles. The fourth-order valence-electron chi connectivity index (χ4n) is 2.53. The summed E-state index contributed by atoms with van der Waals surface area (Å²) in [5.74, 6) is -0.173. The quantitative estimate of drug-likeness (QED) is 0.797. The van der Waals surface area contributed by atoms with Crippen molar-refractivity contribution in [3.63, 3.8) is 0 Å². The minimum Gasteiger partial charge on any atom is -0.362 e. The van der Waals surface area contributed by atoms with Crippen LogP contribution in [0.25, 0.3) is 0 Å². The molecular formula is C16H24FN3O. The molecule has 1 aromatic rings. The molecule has 1 amide bonds. The van der Waals surface area contributed by atoms with Crippen LogP contribution in [-0.2, 0) is 4.79 Å². The van der Waals surface area contributed by atoms with Gasteiger partial charge in [-0.25, -0.2) is 4.39 Å². The van der Waals surface area contributed by atoms with Crippen molar-refractivity contribution < 1.29 is 9.18 Å². The molecule has 0 aromatic heterocycles. The lowest BCUT2D eigenvalue weighted by atomic mass is 10.2. The van der Waals surface area contributed by atoms with Gasteiger partial charge in [-0.3, -0.25) is 4.79 Å². The average molecular weight is 293 g/mol. The number of benzene rings is 1. The van der Waals surface area contributed by atoms with Crippen LogP contribution in [0.5, 0.6) is 0 Å². The third-order valence-corrected chi connectivity index (χ3v) is 3.78. The van der Waals surface area contributed by atoms with Crippen molar-refractivity contribution in [3.05, 3.63) is 30.1 Å². The predicted molar refractivity (Wildman–Crippen MR) is 82.7 cm³/mol. The van der Waals surface area contributed by atoms with Gasteiger partial charge in [-0.05, 0) is 50.9 Å². The van der Waals surface area contributed by atoms with Gasteiger partial charge >= 0.3 is 0 Å². The number of hydrogen-bond donors (Lipinski definition) is 1. The Morgan fingerprint density at radius 3 is 2.76 bits per heavy atom. The summed E-state index contributed by atoms with van der Waals surface area (Å²) in [7, 11) is 0. The second-order valence-corrected chi connectivity index (χ2v) is 5.45. The highest BCUT2D eigenvalue weighted by Gasteiger charge is 2.31. The fraction of sp³-hybridized carbons (Fsp3) is 0.562. The van der Waals surface area contributed by atoms with Crippen LogP contribution in [-0.4, -0.2) is 43.0 Å². The number of likely N-dealkylation sites (N-methyl/N-ethyl adjacent to an activating group) is 1. The Kier molecular flexibility index (Phi) is 5.56. The maximum absolute atomic E-state index is 13.4. The van der Waals surface area contributed by atoms with Crippen LogP contribution in [0.1, 0.15) is 26.2 Å². The van der Waals surface area contributed by atoms with Gasteiger partial charge < -0.3 is 15.5 Å². The molecular weight excluding hydrogens is 269 g/mol. The van der Waals surface area contributed by atoms with E-state index in [9.17, 15) is 9.18 Å². The van der Waals surface area contributed by atoms with Crippen molar-refractivity contribution in [1.29, 1.82) is 0 Å². The van der Waals surface area contributed by atoms with Crippen molar-refractivity contribution in [2.45, 2.75) is 32.2 Å². The van der Waals surface area contributed by atoms with Gasteiger partial charge in [0, 0.05) is 24.8 Å². The number of nitrogens with two attached hydrogens (primary N) is 1. The van der Waals surface area contributed by atoms with Crippen LogP contribution in [0.3, 0.4) is 0 Å². The molecule has 1 aliphatic carbocycles. The van der Waals surface area contributed by atoms with E-state index >= 15 is 0 Å². The van der Waals surface area contributed by atoms with Crippen LogP contribution < -0.4 is 10.6 Å². The van der Waals surface area contributed by atoms with Gasteiger partial charge in [0.1, 0.15) is 5.82 Å². The Balaban J connectivity index is 2.06. The summed E-state index contributed by atoms with van der Waals surface area (Å²) in [5, 5.41) is 0. The first-order valence-electron chi connectivity index (χ1n) is 7.65. The van der Waals surface area contributed by atoms with Crippen molar-refractivity contribution in [1.82, 2.24) is 4.90 Å². The number of carbonyl (C=O) groups excluding carboxylic acids is 1. The molecule has 0 saturated heterocycles. The van der Waals surface area contributed by atoms with Gasteiger partial charge in [0.15, 0.2) is 0 Å². The third-order valence-electron chi connectivity index (χ3n) is 3.78. The summed E-state index contributed by atoms with van der Waals surface area (Å²) in [6, 6.07) is 6.79. The van der Waals surface area contributed by atoms with E-state index in [-0.39, 0.29) is 18.3 Å². The molecule has 2 N–H and O–H groups in total. The van der Waals surface area contributed by atoms with Gasteiger partial charge in [-0.15, -0.1) is 0 Å². The number of anilines is 1. The van der Waals surface area contributed by atoms with E-state index in [1.54, 1.807) is 6.07 Å². The first-order chi connectivity index (χ1) is 10.2. The number of rotatable bonds is 8. The Bertz CT molecular complexity index is 476. The van der Waals surface area contributed by atoms with Crippen molar-refractivity contribution >= 4 is 11.6 Å². The van der Waals surface area contributed by atoms with E-state index in [2.05, 4.69) is 0 Å². The maximum Gasteiger partial charge on any atom is 0.242 e. The molecule has 116 valence electrons. The van der Waals surface area contributed by atoms with E-state index in [0.29, 0.717) is 19.1 Å². The Labute approximate surface area is 125 Å². The number of nitrogens with zero attached hydrogens (tertiary/aromatic N) is 2. The molecule has 0 bridgehead atoms. The number of halogens is 1. The van der Waals surface area contributed by atoms with Crippen LogP contribution in [0.15, 0.2) is 24.3 Å². The molecule has 0 radical (unpaired) electrons. The largest absolute Gasteiger partial charge is 0.362 e. The first kappa shape index (κ1) is 15.8. The molecule has 0 spiro atoms. The van der Waals surface area contributed by atoms with E-state index in [0.717, 1.165) is 31.5 Å².